The number of carboxylic acids is 1. The van der Waals surface area contributed by atoms with Gasteiger partial charge in [-0.2, -0.15) is 13.2 Å². The fraction of sp³-hybridized carbons (Fsp3) is 0.533. The molecule has 2 rings (SSSR count). The maximum Gasteiger partial charge on any atom is 0.416 e. The van der Waals surface area contributed by atoms with E-state index >= 15 is 0 Å². The third kappa shape index (κ3) is 4.14. The van der Waals surface area contributed by atoms with Gasteiger partial charge in [-0.05, 0) is 36.1 Å². The molecule has 1 N–H and O–H groups in total. The Kier molecular flexibility index (Phi) is 5.02. The molecular formula is C15H17ClF3NO2. The van der Waals surface area contributed by atoms with E-state index in [4.69, 9.17) is 16.7 Å². The molecule has 3 nitrogen and oxygen atoms in total. The molecule has 22 heavy (non-hydrogen) atoms. The fourth-order valence-corrected chi connectivity index (χ4v) is 3.06. The highest BCUT2D eigenvalue weighted by Gasteiger charge is 2.32. The summed E-state index contributed by atoms with van der Waals surface area (Å²) in [6.07, 6.45) is -3.83. The van der Waals surface area contributed by atoms with E-state index in [1.165, 1.54) is 6.07 Å². The topological polar surface area (TPSA) is 40.5 Å². The van der Waals surface area contributed by atoms with Crippen LogP contribution in [0, 0.1) is 11.8 Å². The van der Waals surface area contributed by atoms with Crippen molar-refractivity contribution >= 4 is 17.6 Å². The van der Waals surface area contributed by atoms with Crippen molar-refractivity contribution in [3.05, 3.63) is 34.3 Å². The Hall–Kier alpha value is -1.27. The van der Waals surface area contributed by atoms with Gasteiger partial charge in [-0.1, -0.05) is 18.5 Å². The Bertz CT molecular complexity index is 562. The van der Waals surface area contributed by atoms with Gasteiger partial charge >= 0.3 is 12.1 Å². The van der Waals surface area contributed by atoms with Gasteiger partial charge in [0.15, 0.2) is 0 Å². The van der Waals surface area contributed by atoms with E-state index in [1.807, 2.05) is 11.8 Å². The molecule has 0 spiro atoms. The van der Waals surface area contributed by atoms with Gasteiger partial charge in [-0.25, -0.2) is 0 Å². The van der Waals surface area contributed by atoms with Crippen LogP contribution in [-0.4, -0.2) is 29.1 Å². The smallest absolute Gasteiger partial charge is 0.416 e. The SMILES string of the molecule is CC1CC(C(=O)O)CN(Cc2cc(C(F)(F)F)ccc2Cl)C1. The van der Waals surface area contributed by atoms with Crippen LogP contribution in [0.1, 0.15) is 24.5 Å². The predicted molar refractivity (Wildman–Crippen MR) is 76.6 cm³/mol. The molecule has 7 heteroatoms. The highest BCUT2D eigenvalue weighted by Crippen LogP contribution is 2.33. The zero-order chi connectivity index (χ0) is 16.5. The summed E-state index contributed by atoms with van der Waals surface area (Å²) in [5.74, 6) is -1.18. The van der Waals surface area contributed by atoms with Crippen molar-refractivity contribution in [3.8, 4) is 0 Å². The Morgan fingerprint density at radius 3 is 2.68 bits per heavy atom. The first kappa shape index (κ1) is 17.1. The van der Waals surface area contributed by atoms with Gasteiger partial charge in [-0.3, -0.25) is 9.69 Å². The average Bonchev–Trinajstić information content (AvgIpc) is 2.39. The van der Waals surface area contributed by atoms with Gasteiger partial charge in [0.1, 0.15) is 0 Å². The Labute approximate surface area is 131 Å². The summed E-state index contributed by atoms with van der Waals surface area (Å²) in [5.41, 5.74) is -0.374. The number of rotatable bonds is 3. The maximum atomic E-state index is 12.8. The second-order valence-electron chi connectivity index (χ2n) is 5.87. The van der Waals surface area contributed by atoms with E-state index in [9.17, 15) is 18.0 Å². The van der Waals surface area contributed by atoms with E-state index in [2.05, 4.69) is 0 Å². The molecular weight excluding hydrogens is 319 g/mol. The van der Waals surface area contributed by atoms with Crippen LogP contribution >= 0.6 is 11.6 Å². The fourth-order valence-electron chi connectivity index (χ4n) is 2.88. The summed E-state index contributed by atoms with van der Waals surface area (Å²) >= 11 is 5.99. The summed E-state index contributed by atoms with van der Waals surface area (Å²) in [6, 6.07) is 3.23. The van der Waals surface area contributed by atoms with Crippen LogP contribution in [0.2, 0.25) is 5.02 Å². The highest BCUT2D eigenvalue weighted by atomic mass is 35.5. The number of hydrogen-bond donors (Lipinski definition) is 1. The van der Waals surface area contributed by atoms with Gasteiger partial charge in [0.25, 0.3) is 0 Å². The van der Waals surface area contributed by atoms with Crippen molar-refractivity contribution < 1.29 is 23.1 Å². The normalized spacial score (nSPS) is 23.5. The Balaban J connectivity index is 2.17. The van der Waals surface area contributed by atoms with Crippen LogP contribution in [0.4, 0.5) is 13.2 Å². The number of aliphatic carboxylic acids is 1. The molecule has 0 aromatic heterocycles. The van der Waals surface area contributed by atoms with Crippen molar-refractivity contribution in [2.24, 2.45) is 11.8 Å². The van der Waals surface area contributed by atoms with Gasteiger partial charge in [-0.15, -0.1) is 0 Å². The number of carbonyl (C=O) groups is 1. The first-order valence-electron chi connectivity index (χ1n) is 6.97. The first-order chi connectivity index (χ1) is 10.2. The second kappa shape index (κ2) is 6.46. The van der Waals surface area contributed by atoms with Crippen LogP contribution in [0.25, 0.3) is 0 Å². The monoisotopic (exact) mass is 335 g/mol. The number of likely N-dealkylation sites (tertiary alicyclic amines) is 1. The number of halogens is 4. The zero-order valence-electron chi connectivity index (χ0n) is 12.0. The molecule has 0 amide bonds. The summed E-state index contributed by atoms with van der Waals surface area (Å²) < 4.78 is 38.3. The predicted octanol–water partition coefficient (Wildman–Crippen LogP) is 3.90. The van der Waals surface area contributed by atoms with Crippen molar-refractivity contribution in [3.63, 3.8) is 0 Å². The van der Waals surface area contributed by atoms with Crippen LogP contribution in [0.15, 0.2) is 18.2 Å². The van der Waals surface area contributed by atoms with Crippen LogP contribution in [0.5, 0.6) is 0 Å². The Morgan fingerprint density at radius 1 is 1.41 bits per heavy atom. The van der Waals surface area contributed by atoms with E-state index in [-0.39, 0.29) is 17.5 Å². The van der Waals surface area contributed by atoms with E-state index in [1.54, 1.807) is 0 Å². The van der Waals surface area contributed by atoms with Crippen LogP contribution in [-0.2, 0) is 17.5 Å². The summed E-state index contributed by atoms with van der Waals surface area (Å²) in [7, 11) is 0. The number of carboxylic acid groups (broad SMARTS) is 1. The molecule has 1 aromatic carbocycles. The molecule has 1 fully saturated rings. The van der Waals surface area contributed by atoms with Gasteiger partial charge in [0.2, 0.25) is 0 Å². The van der Waals surface area contributed by atoms with Crippen molar-refractivity contribution in [1.29, 1.82) is 0 Å². The first-order valence-corrected chi connectivity index (χ1v) is 7.35. The quantitative estimate of drug-likeness (QED) is 0.910. The van der Waals surface area contributed by atoms with E-state index < -0.39 is 23.6 Å². The summed E-state index contributed by atoms with van der Waals surface area (Å²) in [6.45, 7) is 3.13. The lowest BCUT2D eigenvalue weighted by atomic mass is 9.90. The largest absolute Gasteiger partial charge is 0.481 e. The van der Waals surface area contributed by atoms with Crippen molar-refractivity contribution in [1.82, 2.24) is 4.90 Å². The van der Waals surface area contributed by atoms with Crippen LogP contribution < -0.4 is 0 Å². The molecule has 122 valence electrons. The minimum Gasteiger partial charge on any atom is -0.481 e. The van der Waals surface area contributed by atoms with Gasteiger partial charge in [0.05, 0.1) is 11.5 Å². The molecule has 2 unspecified atom stereocenters. The van der Waals surface area contributed by atoms with Crippen molar-refractivity contribution in [2.45, 2.75) is 26.1 Å². The number of hydrogen-bond acceptors (Lipinski definition) is 2. The lowest BCUT2D eigenvalue weighted by Crippen LogP contribution is -2.42. The van der Waals surface area contributed by atoms with Crippen molar-refractivity contribution in [2.75, 3.05) is 13.1 Å². The molecule has 1 aliphatic heterocycles. The molecule has 1 heterocycles. The number of alkyl halides is 3. The molecule has 0 aliphatic carbocycles. The molecule has 0 bridgehead atoms. The second-order valence-corrected chi connectivity index (χ2v) is 6.28. The number of nitrogens with zero attached hydrogens (tertiary/aromatic N) is 1. The minimum atomic E-state index is -4.42. The van der Waals surface area contributed by atoms with E-state index in [0.717, 1.165) is 12.1 Å². The number of benzene rings is 1. The molecule has 1 aliphatic rings. The third-order valence-electron chi connectivity index (χ3n) is 3.85. The van der Waals surface area contributed by atoms with Crippen LogP contribution in [0.3, 0.4) is 0 Å². The summed E-state index contributed by atoms with van der Waals surface area (Å²) in [5, 5.41) is 9.41. The molecule has 0 saturated carbocycles. The maximum absolute atomic E-state index is 12.8. The summed E-state index contributed by atoms with van der Waals surface area (Å²) in [4.78, 5) is 13.0. The Morgan fingerprint density at radius 2 is 2.09 bits per heavy atom. The molecule has 1 aromatic rings. The third-order valence-corrected chi connectivity index (χ3v) is 4.22. The standard InChI is InChI=1S/C15H17ClF3NO2/c1-9-4-11(14(21)22)8-20(6-9)7-10-5-12(15(17,18)19)2-3-13(10)16/h2-3,5,9,11H,4,6-8H2,1H3,(H,21,22). The lowest BCUT2D eigenvalue weighted by Gasteiger charge is -2.34. The number of piperidine rings is 1. The van der Waals surface area contributed by atoms with Gasteiger partial charge < -0.3 is 5.11 Å². The lowest BCUT2D eigenvalue weighted by molar-refractivity contribution is -0.144. The molecule has 1 saturated heterocycles. The molecule has 0 radical (unpaired) electrons. The molecule has 2 atom stereocenters. The minimum absolute atomic E-state index is 0.180. The highest BCUT2D eigenvalue weighted by molar-refractivity contribution is 6.31. The van der Waals surface area contributed by atoms with E-state index in [0.29, 0.717) is 25.1 Å². The zero-order valence-corrected chi connectivity index (χ0v) is 12.8. The average molecular weight is 336 g/mol. The van der Waals surface area contributed by atoms with Gasteiger partial charge in [0, 0.05) is 24.7 Å².